The summed E-state index contributed by atoms with van der Waals surface area (Å²) in [5.74, 6) is -4.16. The van der Waals surface area contributed by atoms with E-state index in [0.29, 0.717) is 5.02 Å². The number of carbonyl (C=O) groups is 2. The summed E-state index contributed by atoms with van der Waals surface area (Å²) >= 11 is 17.9. The van der Waals surface area contributed by atoms with Gasteiger partial charge >= 0.3 is 0 Å². The smallest absolute Gasteiger partial charge is 0.261 e. The van der Waals surface area contributed by atoms with Crippen molar-refractivity contribution in [2.75, 3.05) is 5.43 Å². The Morgan fingerprint density at radius 3 is 2.04 bits per heavy atom. The molecule has 150 valence electrons. The quantitative estimate of drug-likeness (QED) is 0.553. The molecule has 0 aliphatic rings. The van der Waals surface area contributed by atoms with E-state index in [0.717, 1.165) is 18.2 Å². The monoisotopic (exact) mass is 449 g/mol. The first-order valence-corrected chi connectivity index (χ1v) is 9.20. The van der Waals surface area contributed by atoms with E-state index in [-0.39, 0.29) is 15.7 Å². The third-order valence-corrected chi connectivity index (χ3v) is 4.56. The third-order valence-electron chi connectivity index (χ3n) is 3.74. The van der Waals surface area contributed by atoms with Gasteiger partial charge in [-0.25, -0.2) is 8.78 Å². The molecular weight excluding hydrogens is 435 g/mol. The molecule has 0 aromatic heterocycles. The average Bonchev–Trinajstić information content (AvgIpc) is 2.58. The summed E-state index contributed by atoms with van der Waals surface area (Å²) in [6.07, 6.45) is 0. The van der Waals surface area contributed by atoms with Gasteiger partial charge in [-0.2, -0.15) is 0 Å². The van der Waals surface area contributed by atoms with E-state index in [1.165, 1.54) is 12.1 Å². The second-order valence-electron chi connectivity index (χ2n) is 6.15. The maximum atomic E-state index is 13.8. The van der Waals surface area contributed by atoms with Crippen LogP contribution in [-0.2, 0) is 4.79 Å². The summed E-state index contributed by atoms with van der Waals surface area (Å²) in [4.78, 5) is 24.8. The Morgan fingerprint density at radius 1 is 1.00 bits per heavy atom. The summed E-state index contributed by atoms with van der Waals surface area (Å²) in [5.41, 5.74) is 4.36. The first-order chi connectivity index (χ1) is 13.1. The highest BCUT2D eigenvalue weighted by Gasteiger charge is 2.27. The van der Waals surface area contributed by atoms with Crippen LogP contribution in [0.3, 0.4) is 0 Å². The van der Waals surface area contributed by atoms with Crippen LogP contribution in [0.2, 0.25) is 15.1 Å². The van der Waals surface area contributed by atoms with Gasteiger partial charge in [0.25, 0.3) is 11.8 Å². The molecule has 10 heteroatoms. The Kier molecular flexibility index (Phi) is 7.46. The van der Waals surface area contributed by atoms with Gasteiger partial charge in [-0.05, 0) is 30.2 Å². The lowest BCUT2D eigenvalue weighted by atomic mass is 10.0. The highest BCUT2D eigenvalue weighted by molar-refractivity contribution is 6.41. The van der Waals surface area contributed by atoms with E-state index in [2.05, 4.69) is 16.2 Å². The lowest BCUT2D eigenvalue weighted by Gasteiger charge is -2.23. The van der Waals surface area contributed by atoms with Gasteiger partial charge in [-0.3, -0.25) is 20.4 Å². The number of carbonyl (C=O) groups excluding carboxylic acids is 2. The Labute approximate surface area is 175 Å². The summed E-state index contributed by atoms with van der Waals surface area (Å²) in [6.45, 7) is 3.31. The molecule has 28 heavy (non-hydrogen) atoms. The maximum Gasteiger partial charge on any atom is 0.261 e. The molecule has 0 aliphatic heterocycles. The van der Waals surface area contributed by atoms with E-state index in [4.69, 9.17) is 34.8 Å². The topological polar surface area (TPSA) is 70.2 Å². The van der Waals surface area contributed by atoms with Gasteiger partial charge in [0.1, 0.15) is 23.2 Å². The Hall–Kier alpha value is -2.09. The molecular formula is C18H16Cl3F2N3O2. The lowest BCUT2D eigenvalue weighted by Crippen LogP contribution is -2.51. The minimum absolute atomic E-state index is 0.163. The molecule has 2 aromatic rings. The van der Waals surface area contributed by atoms with Crippen molar-refractivity contribution in [2.45, 2.75) is 19.9 Å². The van der Waals surface area contributed by atoms with Crippen molar-refractivity contribution in [3.05, 3.63) is 62.6 Å². The Balaban J connectivity index is 2.14. The second kappa shape index (κ2) is 9.41. The molecule has 1 unspecified atom stereocenters. The summed E-state index contributed by atoms with van der Waals surface area (Å²) < 4.78 is 27.6. The number of halogens is 5. The molecule has 0 spiro atoms. The Morgan fingerprint density at radius 2 is 1.54 bits per heavy atom. The predicted octanol–water partition coefficient (Wildman–Crippen LogP) is 4.82. The number of benzene rings is 2. The Bertz CT molecular complexity index is 866. The number of hydrogen-bond acceptors (Lipinski definition) is 3. The first-order valence-electron chi connectivity index (χ1n) is 8.07. The van der Waals surface area contributed by atoms with Gasteiger partial charge in [0.2, 0.25) is 0 Å². The molecule has 0 bridgehead atoms. The van der Waals surface area contributed by atoms with Gasteiger partial charge < -0.3 is 5.32 Å². The van der Waals surface area contributed by atoms with Crippen LogP contribution >= 0.6 is 34.8 Å². The molecule has 0 heterocycles. The average molecular weight is 451 g/mol. The standard InChI is InChI=1S/C18H16Cl3F2N3O2/c1-8(2)15(24-17(27)14-12(22)4-3-5-13(14)23)18(28)26-25-16-10(20)6-9(19)7-11(16)21/h3-8,15,25H,1-2H3,(H,24,27)(H,26,28). The van der Waals surface area contributed by atoms with E-state index in [9.17, 15) is 18.4 Å². The third kappa shape index (κ3) is 5.25. The number of rotatable bonds is 6. The highest BCUT2D eigenvalue weighted by Crippen LogP contribution is 2.33. The van der Waals surface area contributed by atoms with E-state index in [1.807, 2.05) is 0 Å². The molecule has 0 fully saturated rings. The van der Waals surface area contributed by atoms with Gasteiger partial charge in [-0.15, -0.1) is 0 Å². The van der Waals surface area contributed by atoms with Crippen LogP contribution in [0.15, 0.2) is 30.3 Å². The van der Waals surface area contributed by atoms with E-state index < -0.39 is 41.0 Å². The molecule has 3 N–H and O–H groups in total. The zero-order valence-corrected chi connectivity index (χ0v) is 17.0. The number of hydrazine groups is 1. The first kappa shape index (κ1) is 22.2. The van der Waals surface area contributed by atoms with Gasteiger partial charge in [0.15, 0.2) is 0 Å². The molecule has 0 aliphatic carbocycles. The van der Waals surface area contributed by atoms with Crippen LogP contribution in [0.5, 0.6) is 0 Å². The SMILES string of the molecule is CC(C)C(NC(=O)c1c(F)cccc1F)C(=O)NNc1c(Cl)cc(Cl)cc1Cl. The van der Waals surface area contributed by atoms with Gasteiger partial charge in [0.05, 0.1) is 15.7 Å². The number of hydrogen-bond donors (Lipinski definition) is 3. The largest absolute Gasteiger partial charge is 0.340 e. The minimum Gasteiger partial charge on any atom is -0.340 e. The zero-order valence-electron chi connectivity index (χ0n) is 14.7. The van der Waals surface area contributed by atoms with E-state index >= 15 is 0 Å². The fourth-order valence-electron chi connectivity index (χ4n) is 2.33. The van der Waals surface area contributed by atoms with Crippen LogP contribution in [0.4, 0.5) is 14.5 Å². The van der Waals surface area contributed by atoms with Crippen LogP contribution < -0.4 is 16.2 Å². The van der Waals surface area contributed by atoms with Crippen molar-refractivity contribution in [3.63, 3.8) is 0 Å². The summed E-state index contributed by atoms with van der Waals surface area (Å²) in [5, 5.41) is 2.97. The van der Waals surface area contributed by atoms with Crippen molar-refractivity contribution in [2.24, 2.45) is 5.92 Å². The summed E-state index contributed by atoms with van der Waals surface area (Å²) in [6, 6.07) is 4.79. The van der Waals surface area contributed by atoms with Gasteiger partial charge in [0, 0.05) is 5.02 Å². The van der Waals surface area contributed by atoms with Crippen LogP contribution in [-0.4, -0.2) is 17.9 Å². The van der Waals surface area contributed by atoms with Crippen molar-refractivity contribution in [1.82, 2.24) is 10.7 Å². The van der Waals surface area contributed by atoms with E-state index in [1.54, 1.807) is 13.8 Å². The fourth-order valence-corrected chi connectivity index (χ4v) is 3.24. The molecule has 1 atom stereocenters. The van der Waals surface area contributed by atoms with Crippen LogP contribution in [0.25, 0.3) is 0 Å². The molecule has 0 saturated carbocycles. The number of amides is 2. The lowest BCUT2D eigenvalue weighted by molar-refractivity contribution is -0.123. The molecule has 0 saturated heterocycles. The van der Waals surface area contributed by atoms with Gasteiger partial charge in [-0.1, -0.05) is 54.7 Å². The van der Waals surface area contributed by atoms with Crippen molar-refractivity contribution >= 4 is 52.3 Å². The molecule has 5 nitrogen and oxygen atoms in total. The normalized spacial score (nSPS) is 11.9. The molecule has 2 amide bonds. The highest BCUT2D eigenvalue weighted by atomic mass is 35.5. The molecule has 0 radical (unpaired) electrons. The number of nitrogens with one attached hydrogen (secondary N) is 3. The van der Waals surface area contributed by atoms with Crippen molar-refractivity contribution in [1.29, 1.82) is 0 Å². The molecule has 2 rings (SSSR count). The van der Waals surface area contributed by atoms with Crippen LogP contribution in [0, 0.1) is 17.6 Å². The summed E-state index contributed by atoms with van der Waals surface area (Å²) in [7, 11) is 0. The zero-order chi connectivity index (χ0) is 21.0. The van der Waals surface area contributed by atoms with Crippen molar-refractivity contribution < 1.29 is 18.4 Å². The van der Waals surface area contributed by atoms with Crippen LogP contribution in [0.1, 0.15) is 24.2 Å². The minimum atomic E-state index is -1.09. The number of anilines is 1. The van der Waals surface area contributed by atoms with Crippen molar-refractivity contribution in [3.8, 4) is 0 Å². The molecule has 2 aromatic carbocycles. The second-order valence-corrected chi connectivity index (χ2v) is 7.40. The predicted molar refractivity (Wildman–Crippen MR) is 106 cm³/mol. The fraction of sp³-hybridized carbons (Fsp3) is 0.222. The maximum absolute atomic E-state index is 13.8.